The van der Waals surface area contributed by atoms with Crippen LogP contribution in [0.2, 0.25) is 0 Å². The molecule has 1 aromatic heterocycles. The summed E-state index contributed by atoms with van der Waals surface area (Å²) in [5.41, 5.74) is 2.56. The molecule has 1 aliphatic heterocycles. The van der Waals surface area contributed by atoms with Crippen molar-refractivity contribution in [2.75, 3.05) is 19.0 Å². The Morgan fingerprint density at radius 1 is 1.41 bits per heavy atom. The largest absolute Gasteiger partial charge is 0.296 e. The second-order valence-corrected chi connectivity index (χ2v) is 5.50. The van der Waals surface area contributed by atoms with E-state index in [1.807, 2.05) is 6.20 Å². The van der Waals surface area contributed by atoms with Gasteiger partial charge in [-0.3, -0.25) is 4.90 Å². The van der Waals surface area contributed by atoms with Crippen LogP contribution in [0.5, 0.6) is 0 Å². The molecule has 1 aromatic rings. The third-order valence-corrected chi connectivity index (χ3v) is 3.81. The summed E-state index contributed by atoms with van der Waals surface area (Å²) < 4.78 is 0. The van der Waals surface area contributed by atoms with E-state index in [1.54, 1.807) is 0 Å². The molecule has 0 spiro atoms. The number of nitrogens with zero attached hydrogens (tertiary/aromatic N) is 3. The van der Waals surface area contributed by atoms with E-state index in [9.17, 15) is 0 Å². The lowest BCUT2D eigenvalue weighted by molar-refractivity contribution is 0.264. The van der Waals surface area contributed by atoms with Gasteiger partial charge in [-0.1, -0.05) is 0 Å². The van der Waals surface area contributed by atoms with Crippen molar-refractivity contribution in [3.63, 3.8) is 0 Å². The van der Waals surface area contributed by atoms with E-state index in [2.05, 4.69) is 9.88 Å². The van der Waals surface area contributed by atoms with Crippen molar-refractivity contribution in [2.24, 2.45) is 5.92 Å². The maximum atomic E-state index is 5.80. The van der Waals surface area contributed by atoms with Crippen LogP contribution in [0.15, 0.2) is 6.20 Å². The molecule has 0 saturated heterocycles. The quantitative estimate of drug-likeness (QED) is 0.767. The number of hydrogen-bond acceptors (Lipinski definition) is 3. The normalized spacial score (nSPS) is 20.3. The van der Waals surface area contributed by atoms with Gasteiger partial charge >= 0.3 is 0 Å². The first-order valence-corrected chi connectivity index (χ1v) is 7.00. The van der Waals surface area contributed by atoms with Crippen LogP contribution in [-0.2, 0) is 19.4 Å². The highest BCUT2D eigenvalue weighted by molar-refractivity contribution is 6.18. The molecule has 3 rings (SSSR count). The van der Waals surface area contributed by atoms with Gasteiger partial charge in [-0.15, -0.1) is 11.6 Å². The van der Waals surface area contributed by atoms with Crippen LogP contribution in [0, 0.1) is 5.92 Å². The zero-order valence-corrected chi connectivity index (χ0v) is 10.8. The van der Waals surface area contributed by atoms with Crippen molar-refractivity contribution in [3.8, 4) is 0 Å². The van der Waals surface area contributed by atoms with Crippen LogP contribution in [0.25, 0.3) is 0 Å². The summed E-state index contributed by atoms with van der Waals surface area (Å²) in [6.07, 6.45) is 6.90. The Balaban J connectivity index is 1.73. The summed E-state index contributed by atoms with van der Waals surface area (Å²) in [5.74, 6) is 2.60. The van der Waals surface area contributed by atoms with E-state index in [0.717, 1.165) is 44.2 Å². The molecule has 1 saturated carbocycles. The Hall–Kier alpha value is -0.670. The molecule has 2 aliphatic rings. The van der Waals surface area contributed by atoms with Gasteiger partial charge in [0.1, 0.15) is 5.82 Å². The highest BCUT2D eigenvalue weighted by Gasteiger charge is 2.24. The lowest BCUT2D eigenvalue weighted by atomic mass is 10.1. The van der Waals surface area contributed by atoms with Gasteiger partial charge in [0.25, 0.3) is 0 Å². The van der Waals surface area contributed by atoms with Crippen molar-refractivity contribution >= 4 is 11.6 Å². The smallest absolute Gasteiger partial charge is 0.128 e. The number of rotatable bonds is 4. The van der Waals surface area contributed by atoms with Crippen molar-refractivity contribution in [1.29, 1.82) is 0 Å². The Bertz CT molecular complexity index is 404. The zero-order chi connectivity index (χ0) is 11.7. The van der Waals surface area contributed by atoms with Crippen molar-refractivity contribution in [3.05, 3.63) is 23.3 Å². The topological polar surface area (TPSA) is 29.0 Å². The fourth-order valence-corrected chi connectivity index (χ4v) is 2.63. The van der Waals surface area contributed by atoms with Gasteiger partial charge in [0.05, 0.1) is 5.69 Å². The maximum absolute atomic E-state index is 5.80. The zero-order valence-electron chi connectivity index (χ0n) is 10.0. The number of fused-ring (bicyclic) bond motifs is 1. The molecule has 17 heavy (non-hydrogen) atoms. The fraction of sp³-hybridized carbons (Fsp3) is 0.692. The summed E-state index contributed by atoms with van der Waals surface area (Å²) in [5, 5.41) is 0. The Labute approximate surface area is 107 Å². The average Bonchev–Trinajstić information content (AvgIpc) is 3.13. The van der Waals surface area contributed by atoms with E-state index in [4.69, 9.17) is 16.6 Å². The predicted octanol–water partition coefficient (Wildman–Crippen LogP) is 2.03. The molecule has 3 nitrogen and oxygen atoms in total. The lowest BCUT2D eigenvalue weighted by Crippen LogP contribution is -2.33. The van der Waals surface area contributed by atoms with Gasteiger partial charge in [0.2, 0.25) is 0 Å². The standard InChI is InChI=1S/C13H18ClN3/c14-4-6-17-5-3-11-8-15-13(7-10-1-2-10)16-12(11)9-17/h8,10H,1-7,9H2. The fourth-order valence-electron chi connectivity index (χ4n) is 2.39. The van der Waals surface area contributed by atoms with Crippen molar-refractivity contribution in [2.45, 2.75) is 32.2 Å². The molecule has 0 bridgehead atoms. The third kappa shape index (κ3) is 2.78. The second kappa shape index (κ2) is 4.91. The summed E-state index contributed by atoms with van der Waals surface area (Å²) in [4.78, 5) is 11.6. The summed E-state index contributed by atoms with van der Waals surface area (Å²) >= 11 is 5.80. The average molecular weight is 252 g/mol. The number of alkyl halides is 1. The predicted molar refractivity (Wildman–Crippen MR) is 68.2 cm³/mol. The SMILES string of the molecule is ClCCN1CCc2cnc(CC3CC3)nc2C1. The molecular weight excluding hydrogens is 234 g/mol. The van der Waals surface area contributed by atoms with Gasteiger partial charge in [-0.25, -0.2) is 9.97 Å². The lowest BCUT2D eigenvalue weighted by Gasteiger charge is -2.27. The van der Waals surface area contributed by atoms with Gasteiger partial charge in [0, 0.05) is 38.1 Å². The highest BCUT2D eigenvalue weighted by Crippen LogP contribution is 2.31. The Morgan fingerprint density at radius 2 is 2.29 bits per heavy atom. The maximum Gasteiger partial charge on any atom is 0.128 e. The molecule has 0 unspecified atom stereocenters. The van der Waals surface area contributed by atoms with Gasteiger partial charge in [-0.2, -0.15) is 0 Å². The number of aromatic nitrogens is 2. The molecule has 0 amide bonds. The summed E-state index contributed by atoms with van der Waals surface area (Å²) in [6.45, 7) is 3.00. The summed E-state index contributed by atoms with van der Waals surface area (Å²) in [6, 6.07) is 0. The third-order valence-electron chi connectivity index (χ3n) is 3.64. The molecular formula is C13H18ClN3. The Kier molecular flexibility index (Phi) is 3.30. The minimum Gasteiger partial charge on any atom is -0.296 e. The molecule has 0 aromatic carbocycles. The molecule has 1 fully saturated rings. The minimum absolute atomic E-state index is 0.704. The van der Waals surface area contributed by atoms with E-state index in [-0.39, 0.29) is 0 Å². The van der Waals surface area contributed by atoms with Crippen LogP contribution >= 0.6 is 11.6 Å². The number of halogens is 1. The molecule has 4 heteroatoms. The molecule has 92 valence electrons. The van der Waals surface area contributed by atoms with Crippen LogP contribution in [0.1, 0.15) is 29.9 Å². The van der Waals surface area contributed by atoms with Gasteiger partial charge < -0.3 is 0 Å². The molecule has 2 heterocycles. The molecule has 0 atom stereocenters. The molecule has 0 N–H and O–H groups in total. The minimum atomic E-state index is 0.704. The summed E-state index contributed by atoms with van der Waals surface area (Å²) in [7, 11) is 0. The van der Waals surface area contributed by atoms with Crippen LogP contribution < -0.4 is 0 Å². The van der Waals surface area contributed by atoms with E-state index >= 15 is 0 Å². The van der Waals surface area contributed by atoms with Crippen LogP contribution in [-0.4, -0.2) is 33.8 Å². The van der Waals surface area contributed by atoms with E-state index < -0.39 is 0 Å². The second-order valence-electron chi connectivity index (χ2n) is 5.12. The number of hydrogen-bond donors (Lipinski definition) is 0. The highest BCUT2D eigenvalue weighted by atomic mass is 35.5. The van der Waals surface area contributed by atoms with Gasteiger partial charge in [-0.05, 0) is 30.7 Å². The van der Waals surface area contributed by atoms with Crippen LogP contribution in [0.4, 0.5) is 0 Å². The van der Waals surface area contributed by atoms with E-state index in [0.29, 0.717) is 5.88 Å². The van der Waals surface area contributed by atoms with Crippen LogP contribution in [0.3, 0.4) is 0 Å². The van der Waals surface area contributed by atoms with E-state index in [1.165, 1.54) is 24.1 Å². The Morgan fingerprint density at radius 3 is 3.06 bits per heavy atom. The molecule has 0 radical (unpaired) electrons. The first-order chi connectivity index (χ1) is 8.35. The first kappa shape index (κ1) is 11.4. The monoisotopic (exact) mass is 251 g/mol. The molecule has 1 aliphatic carbocycles. The van der Waals surface area contributed by atoms with Gasteiger partial charge in [0.15, 0.2) is 0 Å². The van der Waals surface area contributed by atoms with Crippen molar-refractivity contribution < 1.29 is 0 Å². The van der Waals surface area contributed by atoms with Crippen molar-refractivity contribution in [1.82, 2.24) is 14.9 Å². The first-order valence-electron chi connectivity index (χ1n) is 6.47.